The van der Waals surface area contributed by atoms with Crippen LogP contribution in [0.1, 0.15) is 0 Å². The summed E-state index contributed by atoms with van der Waals surface area (Å²) in [4.78, 5) is 15.2. The van der Waals surface area contributed by atoms with Gasteiger partial charge in [0.1, 0.15) is 0 Å². The first kappa shape index (κ1) is 32.3. The van der Waals surface area contributed by atoms with E-state index in [2.05, 4.69) is 150 Å². The van der Waals surface area contributed by atoms with E-state index in [0.717, 1.165) is 21.4 Å². The molecule has 0 fully saturated rings. The SMILES string of the molecule is c1ccc(-c2nc(-c3ccccc3)nc(-c3cccc4c3sc3c(-c5cccc6sc7cccc(-n8c9ccccc9c9ccccc98)c7c56)cccc34)n2)cc1. The Kier molecular flexibility index (Phi) is 7.24. The van der Waals surface area contributed by atoms with Crippen molar-refractivity contribution in [1.29, 1.82) is 0 Å². The van der Waals surface area contributed by atoms with Gasteiger partial charge in [-0.2, -0.15) is 0 Å². The van der Waals surface area contributed by atoms with E-state index >= 15 is 0 Å². The molecule has 8 aromatic carbocycles. The quantitative estimate of drug-likeness (QED) is 0.175. The Balaban J connectivity index is 1.10. The Morgan fingerprint density at radius 3 is 1.46 bits per heavy atom. The molecule has 0 saturated carbocycles. The lowest BCUT2D eigenvalue weighted by Crippen LogP contribution is -2.00. The number of benzene rings is 8. The van der Waals surface area contributed by atoms with Gasteiger partial charge in [-0.25, -0.2) is 15.0 Å². The van der Waals surface area contributed by atoms with Gasteiger partial charge in [0.2, 0.25) is 0 Å². The summed E-state index contributed by atoms with van der Waals surface area (Å²) in [7, 11) is 0. The van der Waals surface area contributed by atoms with Crippen LogP contribution >= 0.6 is 22.7 Å². The van der Waals surface area contributed by atoms with Gasteiger partial charge in [0.15, 0.2) is 17.5 Å². The molecule has 4 nitrogen and oxygen atoms in total. The second kappa shape index (κ2) is 12.8. The predicted octanol–water partition coefficient (Wildman–Crippen LogP) is 14.4. The molecule has 0 spiro atoms. The van der Waals surface area contributed by atoms with Crippen LogP contribution in [0, 0.1) is 0 Å². The number of thiophene rings is 2. The summed E-state index contributed by atoms with van der Waals surface area (Å²) < 4.78 is 7.44. The van der Waals surface area contributed by atoms with Gasteiger partial charge in [-0.3, -0.25) is 0 Å². The summed E-state index contributed by atoms with van der Waals surface area (Å²) in [6, 6.07) is 64.8. The lowest BCUT2D eigenvalue weighted by Gasteiger charge is -2.12. The van der Waals surface area contributed by atoms with Crippen molar-refractivity contribution in [2.45, 2.75) is 0 Å². The highest BCUT2D eigenvalue weighted by Gasteiger charge is 2.22. The Morgan fingerprint density at radius 2 is 0.807 bits per heavy atom. The van der Waals surface area contributed by atoms with Gasteiger partial charge in [0, 0.05) is 73.4 Å². The van der Waals surface area contributed by atoms with Crippen molar-refractivity contribution >= 4 is 84.8 Å². The number of hydrogen-bond acceptors (Lipinski definition) is 5. The van der Waals surface area contributed by atoms with Gasteiger partial charge in [0.05, 0.1) is 16.7 Å². The lowest BCUT2D eigenvalue weighted by atomic mass is 9.97. The third-order valence-corrected chi connectivity index (χ3v) is 13.5. The number of fused-ring (bicyclic) bond motifs is 9. The van der Waals surface area contributed by atoms with Gasteiger partial charge in [-0.15, -0.1) is 22.7 Å². The normalized spacial score (nSPS) is 11.9. The minimum atomic E-state index is 0.660. The zero-order chi connectivity index (χ0) is 37.5. The van der Waals surface area contributed by atoms with Crippen molar-refractivity contribution in [1.82, 2.24) is 19.5 Å². The molecule has 12 rings (SSSR count). The van der Waals surface area contributed by atoms with Crippen LogP contribution in [0.3, 0.4) is 0 Å². The summed E-state index contributed by atoms with van der Waals surface area (Å²) in [5, 5.41) is 7.53. The van der Waals surface area contributed by atoms with E-state index in [1.54, 1.807) is 0 Å². The molecule has 12 aromatic rings. The highest BCUT2D eigenvalue weighted by Crippen LogP contribution is 2.48. The Bertz CT molecular complexity index is 3410. The van der Waals surface area contributed by atoms with Gasteiger partial charge in [-0.05, 0) is 42.0 Å². The molecule has 4 heterocycles. The van der Waals surface area contributed by atoms with Crippen LogP contribution < -0.4 is 0 Å². The monoisotopic (exact) mass is 762 g/mol. The smallest absolute Gasteiger partial charge is 0.165 e. The van der Waals surface area contributed by atoms with Crippen molar-refractivity contribution in [3.05, 3.63) is 182 Å². The zero-order valence-corrected chi connectivity index (χ0v) is 32.1. The topological polar surface area (TPSA) is 43.6 Å². The van der Waals surface area contributed by atoms with Crippen molar-refractivity contribution in [3.8, 4) is 51.0 Å². The van der Waals surface area contributed by atoms with Crippen molar-refractivity contribution < 1.29 is 0 Å². The Labute approximate surface area is 335 Å². The van der Waals surface area contributed by atoms with Crippen LogP contribution in [-0.4, -0.2) is 19.5 Å². The molecule has 4 aromatic heterocycles. The molecular formula is C51H30N4S2. The summed E-state index contributed by atoms with van der Waals surface area (Å²) >= 11 is 3.70. The standard InChI is InChI=1S/C51H30N4S2/c1-3-15-31(16-4-1)49-52-50(32-17-5-2-6-18-32)54-51(53-49)39-25-12-24-38-37-23-11-22-36(47(37)57-48(38)39)35-21-13-29-43-45(35)46-42(28-14-30-44(46)56-43)55-40-26-9-7-19-33(40)34-20-8-10-27-41(34)55/h1-30H. The maximum atomic E-state index is 5.13. The van der Waals surface area contributed by atoms with E-state index in [1.165, 1.54) is 74.3 Å². The molecule has 6 heteroatoms. The fraction of sp³-hybridized carbons (Fsp3) is 0. The minimum Gasteiger partial charge on any atom is -0.309 e. The molecule has 0 aliphatic carbocycles. The Hall–Kier alpha value is -6.99. The molecule has 0 amide bonds. The molecular weight excluding hydrogens is 733 g/mol. The maximum Gasteiger partial charge on any atom is 0.165 e. The maximum absolute atomic E-state index is 5.13. The number of rotatable bonds is 5. The van der Waals surface area contributed by atoms with Crippen LogP contribution in [0.15, 0.2) is 182 Å². The lowest BCUT2D eigenvalue weighted by molar-refractivity contribution is 1.08. The molecule has 57 heavy (non-hydrogen) atoms. The fourth-order valence-corrected chi connectivity index (χ4v) is 11.1. The van der Waals surface area contributed by atoms with E-state index in [9.17, 15) is 0 Å². The van der Waals surface area contributed by atoms with Crippen LogP contribution in [0.5, 0.6) is 0 Å². The summed E-state index contributed by atoms with van der Waals surface area (Å²) in [5.41, 5.74) is 9.02. The van der Waals surface area contributed by atoms with Crippen LogP contribution in [0.2, 0.25) is 0 Å². The predicted molar refractivity (Wildman–Crippen MR) is 242 cm³/mol. The van der Waals surface area contributed by atoms with Gasteiger partial charge < -0.3 is 4.57 Å². The van der Waals surface area contributed by atoms with Crippen LogP contribution in [0.25, 0.3) is 113 Å². The van der Waals surface area contributed by atoms with E-state index < -0.39 is 0 Å². The second-order valence-electron chi connectivity index (χ2n) is 14.3. The van der Waals surface area contributed by atoms with E-state index in [4.69, 9.17) is 15.0 Å². The fourth-order valence-electron chi connectivity index (χ4n) is 8.58. The molecule has 0 radical (unpaired) electrons. The third-order valence-electron chi connectivity index (χ3n) is 11.1. The molecule has 266 valence electrons. The zero-order valence-electron chi connectivity index (χ0n) is 30.4. The summed E-state index contributed by atoms with van der Waals surface area (Å²) in [6.45, 7) is 0. The number of nitrogens with zero attached hydrogens (tertiary/aromatic N) is 4. The van der Waals surface area contributed by atoms with Crippen molar-refractivity contribution in [2.24, 2.45) is 0 Å². The highest BCUT2D eigenvalue weighted by atomic mass is 32.1. The number of hydrogen-bond donors (Lipinski definition) is 0. The summed E-state index contributed by atoms with van der Waals surface area (Å²) in [6.07, 6.45) is 0. The molecule has 0 aliphatic heterocycles. The second-order valence-corrected chi connectivity index (χ2v) is 16.4. The van der Waals surface area contributed by atoms with E-state index in [1.807, 2.05) is 59.1 Å². The van der Waals surface area contributed by atoms with Gasteiger partial charge in [0.25, 0.3) is 0 Å². The molecule has 0 saturated heterocycles. The number of aromatic nitrogens is 4. The summed E-state index contributed by atoms with van der Waals surface area (Å²) in [5.74, 6) is 1.99. The first-order chi connectivity index (χ1) is 28.3. The highest BCUT2D eigenvalue weighted by molar-refractivity contribution is 7.27. The average molecular weight is 763 g/mol. The van der Waals surface area contributed by atoms with Crippen LogP contribution in [0.4, 0.5) is 0 Å². The first-order valence-electron chi connectivity index (χ1n) is 19.0. The molecule has 0 bridgehead atoms. The van der Waals surface area contributed by atoms with Gasteiger partial charge in [-0.1, -0.05) is 146 Å². The first-order valence-corrected chi connectivity index (χ1v) is 20.7. The third kappa shape index (κ3) is 5.01. The molecule has 0 unspecified atom stereocenters. The van der Waals surface area contributed by atoms with Crippen molar-refractivity contribution in [3.63, 3.8) is 0 Å². The minimum absolute atomic E-state index is 0.660. The molecule has 0 N–H and O–H groups in total. The largest absolute Gasteiger partial charge is 0.309 e. The van der Waals surface area contributed by atoms with Gasteiger partial charge >= 0.3 is 0 Å². The molecule has 0 aliphatic rings. The van der Waals surface area contributed by atoms with Crippen LogP contribution in [-0.2, 0) is 0 Å². The average Bonchev–Trinajstić information content (AvgIpc) is 3.97. The Morgan fingerprint density at radius 1 is 0.333 bits per heavy atom. The number of para-hydroxylation sites is 2. The molecule has 0 atom stereocenters. The van der Waals surface area contributed by atoms with E-state index in [0.29, 0.717) is 17.5 Å². The van der Waals surface area contributed by atoms with Crippen molar-refractivity contribution in [2.75, 3.05) is 0 Å². The van der Waals surface area contributed by atoms with E-state index in [-0.39, 0.29) is 0 Å².